The summed E-state index contributed by atoms with van der Waals surface area (Å²) in [6, 6.07) is 0. The summed E-state index contributed by atoms with van der Waals surface area (Å²) in [5, 5.41) is 34.1. The van der Waals surface area contributed by atoms with Crippen LogP contribution in [-0.2, 0) is 9.36 Å². The molecule has 0 saturated heterocycles. The molecule has 0 aliphatic carbocycles. The number of rotatable bonds is 4. The minimum absolute atomic E-state index is 0.0783. The number of phosphoric acid groups is 1. The van der Waals surface area contributed by atoms with E-state index in [1.54, 1.807) is 0 Å². The van der Waals surface area contributed by atoms with Crippen molar-refractivity contribution in [1.29, 1.82) is 0 Å². The van der Waals surface area contributed by atoms with Crippen molar-refractivity contribution in [1.82, 2.24) is 39.9 Å². The SMILES string of the molecule is Nc1nc2nc[nH]c2c(=O)[nH]1.O=CC(O)C(O)C(O)CO.O=P(O)(O)O.O=c1[nH]c(=O)c2[nH]cnc2[nH]1. The monoisotopic (exact) mass is 551 g/mol. The maximum absolute atomic E-state index is 11.0. The second-order valence-corrected chi connectivity index (χ2v) is 7.49. The molecule has 0 aromatic carbocycles. The lowest BCUT2D eigenvalue weighted by molar-refractivity contribution is -0.127. The molecule has 0 saturated carbocycles. The van der Waals surface area contributed by atoms with Crippen LogP contribution in [0.5, 0.6) is 0 Å². The van der Waals surface area contributed by atoms with Crippen LogP contribution in [0, 0.1) is 0 Å². The van der Waals surface area contributed by atoms with E-state index < -0.39 is 44.0 Å². The first-order chi connectivity index (χ1) is 17.2. The van der Waals surface area contributed by atoms with Gasteiger partial charge in [0.2, 0.25) is 5.95 Å². The number of aromatic nitrogens is 8. The number of nitrogen functional groups attached to an aromatic ring is 1. The Bertz CT molecular complexity index is 1490. The van der Waals surface area contributed by atoms with Crippen LogP contribution < -0.4 is 22.5 Å². The highest BCUT2D eigenvalue weighted by molar-refractivity contribution is 7.45. The number of nitrogens with zero attached hydrogens (tertiary/aromatic N) is 3. The van der Waals surface area contributed by atoms with Gasteiger partial charge in [0, 0.05) is 0 Å². The van der Waals surface area contributed by atoms with Gasteiger partial charge in [-0.1, -0.05) is 0 Å². The smallest absolute Gasteiger partial charge is 0.394 e. The van der Waals surface area contributed by atoms with Gasteiger partial charge in [-0.05, 0) is 0 Å². The summed E-state index contributed by atoms with van der Waals surface area (Å²) in [6.07, 6.45) is -1.89. The first-order valence-electron chi connectivity index (χ1n) is 9.41. The summed E-state index contributed by atoms with van der Waals surface area (Å²) in [6.45, 7) is -0.688. The van der Waals surface area contributed by atoms with Crippen molar-refractivity contribution in [3.63, 3.8) is 0 Å². The number of anilines is 1. The fourth-order valence-electron chi connectivity index (χ4n) is 2.14. The molecule has 37 heavy (non-hydrogen) atoms. The molecule has 0 fully saturated rings. The van der Waals surface area contributed by atoms with Gasteiger partial charge in [0.1, 0.15) is 23.8 Å². The second kappa shape index (κ2) is 13.9. The molecule has 0 amide bonds. The summed E-state index contributed by atoms with van der Waals surface area (Å²) >= 11 is 0. The van der Waals surface area contributed by atoms with E-state index in [1.165, 1.54) is 12.7 Å². The number of fused-ring (bicyclic) bond motifs is 2. The first-order valence-corrected chi connectivity index (χ1v) is 11.0. The largest absolute Gasteiger partial charge is 0.466 e. The van der Waals surface area contributed by atoms with Gasteiger partial charge in [-0.3, -0.25) is 24.5 Å². The van der Waals surface area contributed by atoms with Gasteiger partial charge in [-0.2, -0.15) is 4.98 Å². The number of imidazole rings is 2. The Kier molecular flexibility index (Phi) is 11.6. The summed E-state index contributed by atoms with van der Waals surface area (Å²) in [4.78, 5) is 87.1. The van der Waals surface area contributed by atoms with Crippen LogP contribution >= 0.6 is 7.82 Å². The van der Waals surface area contributed by atoms with E-state index >= 15 is 0 Å². The average molecular weight is 551 g/mol. The third kappa shape index (κ3) is 10.6. The molecule has 4 aromatic heterocycles. The number of aliphatic hydroxyl groups excluding tert-OH is 4. The fourth-order valence-corrected chi connectivity index (χ4v) is 2.14. The molecule has 14 N–H and O–H groups in total. The van der Waals surface area contributed by atoms with Crippen molar-refractivity contribution in [3.05, 3.63) is 43.8 Å². The maximum atomic E-state index is 11.0. The van der Waals surface area contributed by atoms with Crippen LogP contribution in [-0.4, -0.2) is 106 Å². The molecule has 0 spiro atoms. The van der Waals surface area contributed by atoms with Gasteiger partial charge >= 0.3 is 13.5 Å². The number of carbonyl (C=O) groups is 1. The van der Waals surface area contributed by atoms with Crippen molar-refractivity contribution in [3.8, 4) is 0 Å². The first kappa shape index (κ1) is 31.0. The molecule has 4 rings (SSSR count). The van der Waals surface area contributed by atoms with Gasteiger partial charge in [-0.25, -0.2) is 19.3 Å². The van der Waals surface area contributed by atoms with Gasteiger partial charge in [0.25, 0.3) is 11.1 Å². The Balaban J connectivity index is 0.000000256. The van der Waals surface area contributed by atoms with E-state index in [-0.39, 0.29) is 29.0 Å². The van der Waals surface area contributed by atoms with E-state index in [1.807, 2.05) is 0 Å². The van der Waals surface area contributed by atoms with E-state index in [4.69, 9.17) is 45.4 Å². The number of nitrogens with two attached hydrogens (primary N) is 1. The van der Waals surface area contributed by atoms with Crippen molar-refractivity contribution < 1.29 is 44.5 Å². The quantitative estimate of drug-likeness (QED) is 0.0830. The minimum Gasteiger partial charge on any atom is -0.394 e. The highest BCUT2D eigenvalue weighted by Crippen LogP contribution is 2.25. The highest BCUT2D eigenvalue weighted by atomic mass is 31.2. The van der Waals surface area contributed by atoms with E-state index in [0.717, 1.165) is 0 Å². The molecule has 0 aliphatic rings. The van der Waals surface area contributed by atoms with Crippen LogP contribution in [0.1, 0.15) is 0 Å². The third-order valence-electron chi connectivity index (χ3n) is 3.71. The Labute approximate surface area is 202 Å². The lowest BCUT2D eigenvalue weighted by Crippen LogP contribution is -2.40. The molecule has 21 nitrogen and oxygen atoms in total. The number of aliphatic hydroxyl groups is 4. The molecule has 4 heterocycles. The number of hydrogen-bond donors (Lipinski definition) is 13. The maximum Gasteiger partial charge on any atom is 0.466 e. The van der Waals surface area contributed by atoms with Crippen LogP contribution in [0.15, 0.2) is 27.0 Å². The lowest BCUT2D eigenvalue weighted by atomic mass is 10.1. The molecular weight excluding hydrogens is 529 g/mol. The molecule has 0 aliphatic heterocycles. The number of aldehydes is 1. The molecule has 3 unspecified atom stereocenters. The van der Waals surface area contributed by atoms with Gasteiger partial charge in [0.05, 0.1) is 19.3 Å². The molecule has 3 atom stereocenters. The Hall–Kier alpha value is -4.08. The summed E-state index contributed by atoms with van der Waals surface area (Å²) in [5.74, 6) is 0.0783. The molecule has 0 radical (unpaired) electrons. The zero-order chi connectivity index (χ0) is 28.3. The van der Waals surface area contributed by atoms with Gasteiger partial charge in [-0.15, -0.1) is 0 Å². The van der Waals surface area contributed by atoms with Crippen molar-refractivity contribution in [2.75, 3.05) is 12.3 Å². The van der Waals surface area contributed by atoms with Gasteiger partial charge < -0.3 is 55.6 Å². The van der Waals surface area contributed by atoms with Crippen LogP contribution in [0.25, 0.3) is 22.3 Å². The summed E-state index contributed by atoms with van der Waals surface area (Å²) < 4.78 is 8.88. The fraction of sp³-hybridized carbons (Fsp3) is 0.267. The van der Waals surface area contributed by atoms with Crippen molar-refractivity contribution in [2.24, 2.45) is 0 Å². The number of nitrogens with one attached hydrogen (secondary N) is 5. The standard InChI is InChI=1S/C5H5N5O.C5H4N4O2.C5H10O5.H3O4P/c6-5-9-3-2(4(11)10-5)7-1-8-3;10-4-2-3(7-1-6-2)8-5(11)9-4;6-1-3(8)5(10)4(9)2-7;1-5(2,3)4/h1H,(H4,6,7,8,9,10,11);1H,(H3,6,7,8,9,10,11);1,3-5,7-10H,2H2;(H3,1,2,3,4). The zero-order valence-corrected chi connectivity index (χ0v) is 19.1. The van der Waals surface area contributed by atoms with Crippen molar-refractivity contribution in [2.45, 2.75) is 18.3 Å². The number of H-pyrrole nitrogens is 5. The molecule has 4 aromatic rings. The summed E-state index contributed by atoms with van der Waals surface area (Å²) in [5.41, 5.74) is 5.20. The number of carbonyl (C=O) groups excluding carboxylic acids is 1. The normalized spacial score (nSPS) is 13.2. The Morgan fingerprint density at radius 3 is 2.05 bits per heavy atom. The Morgan fingerprint density at radius 1 is 0.946 bits per heavy atom. The van der Waals surface area contributed by atoms with Crippen LogP contribution in [0.4, 0.5) is 5.95 Å². The number of hydrogen-bond acceptors (Lipinski definition) is 13. The molecule has 0 bridgehead atoms. The zero-order valence-electron chi connectivity index (χ0n) is 18.2. The second-order valence-electron chi connectivity index (χ2n) is 6.47. The highest BCUT2D eigenvalue weighted by Gasteiger charge is 2.22. The van der Waals surface area contributed by atoms with Crippen LogP contribution in [0.2, 0.25) is 0 Å². The van der Waals surface area contributed by atoms with E-state index in [9.17, 15) is 19.2 Å². The predicted octanol–water partition coefficient (Wildman–Crippen LogP) is -5.50. The molecule has 22 heteroatoms. The third-order valence-corrected chi connectivity index (χ3v) is 3.71. The predicted molar refractivity (Wildman–Crippen MR) is 122 cm³/mol. The van der Waals surface area contributed by atoms with Crippen LogP contribution in [0.3, 0.4) is 0 Å². The molecule has 204 valence electrons. The Morgan fingerprint density at radius 2 is 1.49 bits per heavy atom. The topological polar surface area (TPSA) is 371 Å². The average Bonchev–Trinajstić information content (AvgIpc) is 3.47. The molecular formula is C15H22N9O12P. The lowest BCUT2D eigenvalue weighted by Gasteiger charge is -2.16. The van der Waals surface area contributed by atoms with E-state index in [2.05, 4.69) is 39.9 Å². The van der Waals surface area contributed by atoms with Gasteiger partial charge in [0.15, 0.2) is 23.1 Å². The summed E-state index contributed by atoms with van der Waals surface area (Å²) in [7, 11) is -4.64. The number of aromatic amines is 5. The van der Waals surface area contributed by atoms with E-state index in [0.29, 0.717) is 11.2 Å². The minimum atomic E-state index is -4.64. The van der Waals surface area contributed by atoms with Crippen molar-refractivity contribution >= 4 is 42.4 Å².